The van der Waals surface area contributed by atoms with Gasteiger partial charge < -0.3 is 14.5 Å². The number of nitrogens with zero attached hydrogens (tertiary/aromatic N) is 2. The summed E-state index contributed by atoms with van der Waals surface area (Å²) in [5, 5.41) is 0.685. The Bertz CT molecular complexity index is 572. The highest BCUT2D eigenvalue weighted by Gasteiger charge is 2.27. The molecule has 0 aliphatic carbocycles. The lowest BCUT2D eigenvalue weighted by Gasteiger charge is -2.21. The first-order valence-corrected chi connectivity index (χ1v) is 9.48. The quantitative estimate of drug-likeness (QED) is 0.731. The summed E-state index contributed by atoms with van der Waals surface area (Å²) in [6, 6.07) is 5.75. The number of anilines is 1. The van der Waals surface area contributed by atoms with Crippen molar-refractivity contribution in [1.82, 2.24) is 4.90 Å². The molecule has 0 aromatic heterocycles. The Morgan fingerprint density at radius 3 is 2.79 bits per heavy atom. The van der Waals surface area contributed by atoms with Gasteiger partial charge in [0.2, 0.25) is 0 Å². The number of likely N-dealkylation sites (tertiary alicyclic amines) is 1. The Morgan fingerprint density at radius 1 is 1.29 bits per heavy atom. The fourth-order valence-corrected chi connectivity index (χ4v) is 3.88. The molecule has 1 atom stereocenters. The second-order valence-electron chi connectivity index (χ2n) is 6.84. The molecule has 0 bridgehead atoms. The zero-order chi connectivity index (χ0) is 16.9. The summed E-state index contributed by atoms with van der Waals surface area (Å²) >= 11 is 6.44. The van der Waals surface area contributed by atoms with E-state index in [2.05, 4.69) is 11.8 Å². The van der Waals surface area contributed by atoms with Gasteiger partial charge in [-0.2, -0.15) is 0 Å². The molecule has 2 heterocycles. The zero-order valence-corrected chi connectivity index (χ0v) is 15.2. The van der Waals surface area contributed by atoms with E-state index in [1.54, 1.807) is 0 Å². The number of hydrogen-bond acceptors (Lipinski definition) is 3. The highest BCUT2D eigenvalue weighted by atomic mass is 35.5. The van der Waals surface area contributed by atoms with Crippen LogP contribution in [0.3, 0.4) is 0 Å². The van der Waals surface area contributed by atoms with Crippen LogP contribution in [0.5, 0.6) is 0 Å². The molecule has 2 saturated heterocycles. The lowest BCUT2D eigenvalue weighted by Crippen LogP contribution is -2.29. The molecule has 1 amide bonds. The Labute approximate surface area is 149 Å². The molecule has 0 N–H and O–H groups in total. The number of benzene rings is 1. The van der Waals surface area contributed by atoms with Crippen LogP contribution in [0.1, 0.15) is 43.0 Å². The minimum atomic E-state index is 0.0860. The van der Waals surface area contributed by atoms with Crippen molar-refractivity contribution in [1.29, 1.82) is 0 Å². The third-order valence-corrected chi connectivity index (χ3v) is 5.22. The number of carbonyl (C=O) groups is 1. The van der Waals surface area contributed by atoms with Crippen molar-refractivity contribution in [2.45, 2.75) is 32.6 Å². The molecular weight excluding hydrogens is 324 g/mol. The van der Waals surface area contributed by atoms with E-state index >= 15 is 0 Å². The third kappa shape index (κ3) is 4.04. The molecular formula is C19H27ClN2O2. The molecule has 132 valence electrons. The molecule has 3 rings (SSSR count). The van der Waals surface area contributed by atoms with E-state index in [-0.39, 0.29) is 5.91 Å². The molecule has 4 nitrogen and oxygen atoms in total. The Balaban J connectivity index is 1.60. The predicted octanol–water partition coefficient (Wildman–Crippen LogP) is 3.83. The number of hydrogen-bond donors (Lipinski definition) is 0. The maximum Gasteiger partial charge on any atom is 0.253 e. The summed E-state index contributed by atoms with van der Waals surface area (Å²) in [5.74, 6) is 0.544. The summed E-state index contributed by atoms with van der Waals surface area (Å²) in [6.45, 7) is 7.37. The summed E-state index contributed by atoms with van der Waals surface area (Å²) in [6.07, 6.45) is 4.49. The average Bonchev–Trinajstić information content (AvgIpc) is 3.26. The van der Waals surface area contributed by atoms with Crippen molar-refractivity contribution in [2.24, 2.45) is 5.92 Å². The number of amides is 1. The van der Waals surface area contributed by atoms with Gasteiger partial charge in [0.05, 0.1) is 17.3 Å². The average molecular weight is 351 g/mol. The molecule has 1 aromatic rings. The van der Waals surface area contributed by atoms with Crippen LogP contribution in [-0.4, -0.2) is 50.2 Å². The largest absolute Gasteiger partial charge is 0.381 e. The second-order valence-corrected chi connectivity index (χ2v) is 7.25. The van der Waals surface area contributed by atoms with Gasteiger partial charge in [0.15, 0.2) is 0 Å². The molecule has 2 aliphatic rings. The lowest BCUT2D eigenvalue weighted by molar-refractivity contribution is 0.0754. The predicted molar refractivity (Wildman–Crippen MR) is 98.0 cm³/mol. The smallest absolute Gasteiger partial charge is 0.253 e. The fourth-order valence-electron chi connectivity index (χ4n) is 3.58. The van der Waals surface area contributed by atoms with Gasteiger partial charge in [0.25, 0.3) is 5.91 Å². The van der Waals surface area contributed by atoms with Crippen LogP contribution in [0.15, 0.2) is 18.2 Å². The van der Waals surface area contributed by atoms with Gasteiger partial charge in [-0.15, -0.1) is 0 Å². The third-order valence-electron chi connectivity index (χ3n) is 4.92. The lowest BCUT2D eigenvalue weighted by atomic mass is 10.1. The van der Waals surface area contributed by atoms with Gasteiger partial charge >= 0.3 is 0 Å². The molecule has 5 heteroatoms. The van der Waals surface area contributed by atoms with Gasteiger partial charge in [-0.05, 0) is 43.9 Å². The van der Waals surface area contributed by atoms with Crippen LogP contribution < -0.4 is 4.90 Å². The Morgan fingerprint density at radius 2 is 2.08 bits per heavy atom. The first-order valence-electron chi connectivity index (χ1n) is 9.10. The molecule has 1 aromatic carbocycles. The SMILES string of the molecule is CCCOC[C@H]1CCN(C(=O)c2ccc(N3CCCC3)c(Cl)c2)C1. The van der Waals surface area contributed by atoms with Gasteiger partial charge in [0.1, 0.15) is 0 Å². The summed E-state index contributed by atoms with van der Waals surface area (Å²) in [4.78, 5) is 17.0. The van der Waals surface area contributed by atoms with Crippen LogP contribution in [-0.2, 0) is 4.74 Å². The summed E-state index contributed by atoms with van der Waals surface area (Å²) in [5.41, 5.74) is 1.75. The van der Waals surface area contributed by atoms with E-state index < -0.39 is 0 Å². The van der Waals surface area contributed by atoms with Crippen LogP contribution in [0.25, 0.3) is 0 Å². The van der Waals surface area contributed by atoms with E-state index in [1.165, 1.54) is 12.8 Å². The van der Waals surface area contributed by atoms with Gasteiger partial charge in [-0.25, -0.2) is 0 Å². The summed E-state index contributed by atoms with van der Waals surface area (Å²) in [7, 11) is 0. The molecule has 0 spiro atoms. The van der Waals surface area contributed by atoms with Crippen LogP contribution in [0.2, 0.25) is 5.02 Å². The maximum atomic E-state index is 12.7. The second kappa shape index (κ2) is 8.21. The van der Waals surface area contributed by atoms with E-state index in [1.807, 2.05) is 23.1 Å². The van der Waals surface area contributed by atoms with Gasteiger partial charge in [-0.3, -0.25) is 4.79 Å². The first-order chi connectivity index (χ1) is 11.7. The van der Waals surface area contributed by atoms with E-state index in [0.29, 0.717) is 16.5 Å². The normalized spacial score (nSPS) is 20.8. The number of halogens is 1. The monoisotopic (exact) mass is 350 g/mol. The van der Waals surface area contributed by atoms with E-state index in [4.69, 9.17) is 16.3 Å². The van der Waals surface area contributed by atoms with Crippen molar-refractivity contribution < 1.29 is 9.53 Å². The van der Waals surface area contributed by atoms with Crippen LogP contribution in [0.4, 0.5) is 5.69 Å². The first kappa shape index (κ1) is 17.6. The maximum absolute atomic E-state index is 12.7. The number of rotatable bonds is 6. The number of carbonyl (C=O) groups excluding carboxylic acids is 1. The minimum absolute atomic E-state index is 0.0860. The topological polar surface area (TPSA) is 32.8 Å². The van der Waals surface area contributed by atoms with Crippen molar-refractivity contribution in [3.8, 4) is 0 Å². The molecule has 0 saturated carbocycles. The van der Waals surface area contributed by atoms with Crippen LogP contribution >= 0.6 is 11.6 Å². The fraction of sp³-hybridized carbons (Fsp3) is 0.632. The number of ether oxygens (including phenoxy) is 1. The molecule has 2 aliphatic heterocycles. The van der Waals surface area contributed by atoms with Crippen molar-refractivity contribution in [3.05, 3.63) is 28.8 Å². The van der Waals surface area contributed by atoms with Crippen LogP contribution in [0, 0.1) is 5.92 Å². The summed E-state index contributed by atoms with van der Waals surface area (Å²) < 4.78 is 5.63. The van der Waals surface area contributed by atoms with Crippen molar-refractivity contribution in [2.75, 3.05) is 44.3 Å². The zero-order valence-electron chi connectivity index (χ0n) is 14.5. The highest BCUT2D eigenvalue weighted by molar-refractivity contribution is 6.33. The van der Waals surface area contributed by atoms with Crippen molar-refractivity contribution >= 4 is 23.2 Å². The van der Waals surface area contributed by atoms with Crippen molar-refractivity contribution in [3.63, 3.8) is 0 Å². The van der Waals surface area contributed by atoms with E-state index in [0.717, 1.165) is 57.9 Å². The highest BCUT2D eigenvalue weighted by Crippen LogP contribution is 2.30. The van der Waals surface area contributed by atoms with Gasteiger partial charge in [-0.1, -0.05) is 18.5 Å². The Kier molecular flexibility index (Phi) is 6.01. The standard InChI is InChI=1S/C19H27ClN2O2/c1-2-11-24-14-15-7-10-22(13-15)19(23)16-5-6-18(17(20)12-16)21-8-3-4-9-21/h5-6,12,15H,2-4,7-11,13-14H2,1H3/t15-/m0/s1. The molecule has 24 heavy (non-hydrogen) atoms. The minimum Gasteiger partial charge on any atom is -0.381 e. The Hall–Kier alpha value is -1.26. The molecule has 2 fully saturated rings. The van der Waals surface area contributed by atoms with Gasteiger partial charge in [0, 0.05) is 44.3 Å². The molecule has 0 radical (unpaired) electrons. The molecule has 0 unspecified atom stereocenters. The van der Waals surface area contributed by atoms with E-state index in [9.17, 15) is 4.79 Å².